The Morgan fingerprint density at radius 1 is 1.12 bits per heavy atom. The largest absolute Gasteiger partial charge is 0.497 e. The molecule has 0 saturated carbocycles. The molecule has 0 atom stereocenters. The SMILES string of the molecule is COc1cccc(OCC(=O)N2CCC3(CC2)OCCN3S(=O)(=O)c2ccc(F)c(C)c2)c1. The van der Waals surface area contributed by atoms with Crippen molar-refractivity contribution in [2.45, 2.75) is 30.4 Å². The van der Waals surface area contributed by atoms with Gasteiger partial charge in [0.25, 0.3) is 5.91 Å². The Hall–Kier alpha value is -2.69. The number of sulfonamides is 1. The Kier molecular flexibility index (Phi) is 6.60. The summed E-state index contributed by atoms with van der Waals surface area (Å²) in [5, 5.41) is 0. The van der Waals surface area contributed by atoms with Crippen molar-refractivity contribution >= 4 is 15.9 Å². The summed E-state index contributed by atoms with van der Waals surface area (Å²) in [5.74, 6) is 0.525. The van der Waals surface area contributed by atoms with Crippen LogP contribution in [0.25, 0.3) is 0 Å². The standard InChI is InChI=1S/C23H27FN2O6S/c1-17-14-20(6-7-21(17)24)33(28,29)26-12-13-32-23(26)8-10-25(11-9-23)22(27)16-31-19-5-3-4-18(15-19)30-2/h3-7,14-15H,8-13,16H2,1-2H3. The summed E-state index contributed by atoms with van der Waals surface area (Å²) in [6, 6.07) is 10.8. The number of aryl methyl sites for hydroxylation is 1. The van der Waals surface area contributed by atoms with Crippen LogP contribution in [0.2, 0.25) is 0 Å². The van der Waals surface area contributed by atoms with Gasteiger partial charge in [0.2, 0.25) is 10.0 Å². The van der Waals surface area contributed by atoms with Gasteiger partial charge in [-0.05, 0) is 42.8 Å². The monoisotopic (exact) mass is 478 g/mol. The van der Waals surface area contributed by atoms with Gasteiger partial charge in [0.05, 0.1) is 18.6 Å². The van der Waals surface area contributed by atoms with E-state index in [-0.39, 0.29) is 36.1 Å². The second-order valence-electron chi connectivity index (χ2n) is 8.13. The molecule has 1 spiro atoms. The number of rotatable bonds is 6. The molecule has 2 heterocycles. The highest BCUT2D eigenvalue weighted by Crippen LogP contribution is 2.38. The highest BCUT2D eigenvalue weighted by Gasteiger charge is 2.51. The summed E-state index contributed by atoms with van der Waals surface area (Å²) in [6.45, 7) is 2.57. The molecule has 0 bridgehead atoms. The second-order valence-corrected chi connectivity index (χ2v) is 9.99. The first-order chi connectivity index (χ1) is 15.7. The predicted molar refractivity (Wildman–Crippen MR) is 118 cm³/mol. The molecule has 0 N–H and O–H groups in total. The number of amides is 1. The summed E-state index contributed by atoms with van der Waals surface area (Å²) in [6.07, 6.45) is 0.689. The minimum Gasteiger partial charge on any atom is -0.497 e. The van der Waals surface area contributed by atoms with E-state index in [0.29, 0.717) is 37.4 Å². The molecule has 0 aliphatic carbocycles. The van der Waals surface area contributed by atoms with E-state index in [1.54, 1.807) is 36.3 Å². The van der Waals surface area contributed by atoms with Crippen LogP contribution in [-0.2, 0) is 19.6 Å². The summed E-state index contributed by atoms with van der Waals surface area (Å²) in [5.41, 5.74) is -0.743. The number of methoxy groups -OCH3 is 1. The number of benzene rings is 2. The van der Waals surface area contributed by atoms with Gasteiger partial charge in [-0.15, -0.1) is 0 Å². The lowest BCUT2D eigenvalue weighted by Gasteiger charge is -2.42. The van der Waals surface area contributed by atoms with Crippen LogP contribution >= 0.6 is 0 Å². The van der Waals surface area contributed by atoms with E-state index in [0.717, 1.165) is 6.07 Å². The van der Waals surface area contributed by atoms with Crippen LogP contribution in [0.5, 0.6) is 11.5 Å². The van der Waals surface area contributed by atoms with Crippen molar-refractivity contribution in [3.63, 3.8) is 0 Å². The van der Waals surface area contributed by atoms with E-state index < -0.39 is 21.6 Å². The van der Waals surface area contributed by atoms with E-state index in [2.05, 4.69) is 0 Å². The molecule has 4 rings (SSSR count). The molecular weight excluding hydrogens is 451 g/mol. The zero-order valence-corrected chi connectivity index (χ0v) is 19.4. The fraction of sp³-hybridized carbons (Fsp3) is 0.435. The summed E-state index contributed by atoms with van der Waals surface area (Å²) in [4.78, 5) is 14.4. The number of likely N-dealkylation sites (tertiary alicyclic amines) is 1. The Morgan fingerprint density at radius 2 is 1.85 bits per heavy atom. The van der Waals surface area contributed by atoms with Crippen LogP contribution in [-0.4, -0.2) is 69.2 Å². The van der Waals surface area contributed by atoms with E-state index >= 15 is 0 Å². The Labute approximate surface area is 192 Å². The van der Waals surface area contributed by atoms with Crippen molar-refractivity contribution in [3.05, 3.63) is 53.8 Å². The van der Waals surface area contributed by atoms with Crippen LogP contribution < -0.4 is 9.47 Å². The number of halogens is 1. The van der Waals surface area contributed by atoms with E-state index in [1.165, 1.54) is 23.4 Å². The van der Waals surface area contributed by atoms with Gasteiger partial charge < -0.3 is 19.1 Å². The zero-order chi connectivity index (χ0) is 23.6. The first kappa shape index (κ1) is 23.5. The van der Waals surface area contributed by atoms with Crippen molar-refractivity contribution < 1.29 is 31.8 Å². The van der Waals surface area contributed by atoms with Gasteiger partial charge in [-0.25, -0.2) is 12.8 Å². The van der Waals surface area contributed by atoms with Gasteiger partial charge in [0.1, 0.15) is 23.0 Å². The number of ether oxygens (including phenoxy) is 3. The molecule has 2 aliphatic heterocycles. The third-order valence-corrected chi connectivity index (χ3v) is 8.08. The average molecular weight is 479 g/mol. The van der Waals surface area contributed by atoms with Gasteiger partial charge >= 0.3 is 0 Å². The number of nitrogens with zero attached hydrogens (tertiary/aromatic N) is 2. The molecular formula is C23H27FN2O6S. The quantitative estimate of drug-likeness (QED) is 0.635. The van der Waals surface area contributed by atoms with E-state index in [4.69, 9.17) is 14.2 Å². The van der Waals surface area contributed by atoms with Crippen LogP contribution in [0.1, 0.15) is 18.4 Å². The van der Waals surface area contributed by atoms with Gasteiger partial charge in [0.15, 0.2) is 6.61 Å². The molecule has 2 aromatic rings. The van der Waals surface area contributed by atoms with Gasteiger partial charge in [-0.1, -0.05) is 6.07 Å². The first-order valence-electron chi connectivity index (χ1n) is 10.7. The molecule has 0 aromatic heterocycles. The normalized spacial score (nSPS) is 18.5. The highest BCUT2D eigenvalue weighted by atomic mass is 32.2. The zero-order valence-electron chi connectivity index (χ0n) is 18.6. The maximum atomic E-state index is 13.7. The van der Waals surface area contributed by atoms with Crippen molar-refractivity contribution in [1.29, 1.82) is 0 Å². The Bertz CT molecular complexity index is 1130. The summed E-state index contributed by atoms with van der Waals surface area (Å²) in [7, 11) is -2.32. The van der Waals surface area contributed by atoms with Crippen LogP contribution in [0, 0.1) is 12.7 Å². The first-order valence-corrected chi connectivity index (χ1v) is 12.2. The Morgan fingerprint density at radius 3 is 2.55 bits per heavy atom. The fourth-order valence-corrected chi connectivity index (χ4v) is 6.07. The van der Waals surface area contributed by atoms with Crippen LogP contribution in [0.4, 0.5) is 4.39 Å². The smallest absolute Gasteiger partial charge is 0.260 e. The fourth-order valence-electron chi connectivity index (χ4n) is 4.26. The minimum atomic E-state index is -3.87. The maximum Gasteiger partial charge on any atom is 0.260 e. The van der Waals surface area contributed by atoms with E-state index in [9.17, 15) is 17.6 Å². The van der Waals surface area contributed by atoms with Crippen molar-refractivity contribution in [2.75, 3.05) is 40.0 Å². The molecule has 2 fully saturated rings. The molecule has 10 heteroatoms. The molecule has 8 nitrogen and oxygen atoms in total. The van der Waals surface area contributed by atoms with Crippen LogP contribution in [0.3, 0.4) is 0 Å². The lowest BCUT2D eigenvalue weighted by molar-refractivity contribution is -0.142. The number of hydrogen-bond acceptors (Lipinski definition) is 6. The molecule has 1 amide bonds. The van der Waals surface area contributed by atoms with Crippen molar-refractivity contribution in [1.82, 2.24) is 9.21 Å². The number of carbonyl (C=O) groups is 1. The molecule has 2 aliphatic rings. The van der Waals surface area contributed by atoms with E-state index in [1.807, 2.05) is 0 Å². The molecule has 33 heavy (non-hydrogen) atoms. The lowest BCUT2D eigenvalue weighted by Crippen LogP contribution is -2.56. The maximum absolute atomic E-state index is 13.7. The molecule has 178 valence electrons. The van der Waals surface area contributed by atoms with Crippen molar-refractivity contribution in [2.24, 2.45) is 0 Å². The Balaban J connectivity index is 1.41. The molecule has 0 unspecified atom stereocenters. The molecule has 2 aromatic carbocycles. The predicted octanol–water partition coefficient (Wildman–Crippen LogP) is 2.56. The highest BCUT2D eigenvalue weighted by molar-refractivity contribution is 7.89. The van der Waals surface area contributed by atoms with Gasteiger partial charge in [0, 0.05) is 38.5 Å². The number of hydrogen-bond donors (Lipinski definition) is 0. The van der Waals surface area contributed by atoms with Gasteiger partial charge in [-0.2, -0.15) is 4.31 Å². The molecule has 2 saturated heterocycles. The van der Waals surface area contributed by atoms with Gasteiger partial charge in [-0.3, -0.25) is 4.79 Å². The number of carbonyl (C=O) groups excluding carboxylic acids is 1. The lowest BCUT2D eigenvalue weighted by atomic mass is 10.0. The summed E-state index contributed by atoms with van der Waals surface area (Å²) >= 11 is 0. The minimum absolute atomic E-state index is 0.0384. The second kappa shape index (κ2) is 9.28. The van der Waals surface area contributed by atoms with Crippen molar-refractivity contribution in [3.8, 4) is 11.5 Å². The average Bonchev–Trinajstić information content (AvgIpc) is 3.23. The third kappa shape index (κ3) is 4.68. The molecule has 0 radical (unpaired) electrons. The summed E-state index contributed by atoms with van der Waals surface area (Å²) < 4.78 is 58.3. The van der Waals surface area contributed by atoms with Crippen LogP contribution in [0.15, 0.2) is 47.4 Å². The topological polar surface area (TPSA) is 85.4 Å². The third-order valence-electron chi connectivity index (χ3n) is 6.14. The number of piperidine rings is 1.